The van der Waals surface area contributed by atoms with Crippen molar-refractivity contribution in [3.63, 3.8) is 0 Å². The fourth-order valence-corrected chi connectivity index (χ4v) is 1.73. The largest absolute Gasteiger partial charge is 0.388 e. The summed E-state index contributed by atoms with van der Waals surface area (Å²) < 4.78 is 0. The van der Waals surface area contributed by atoms with Gasteiger partial charge in [0.25, 0.3) is 0 Å². The minimum Gasteiger partial charge on any atom is -0.388 e. The van der Waals surface area contributed by atoms with Crippen LogP contribution in [0.15, 0.2) is 18.3 Å². The van der Waals surface area contributed by atoms with Crippen LogP contribution in [0.1, 0.15) is 44.1 Å². The molecule has 0 spiro atoms. The summed E-state index contributed by atoms with van der Waals surface area (Å²) in [6, 6.07) is 3.84. The molecule has 2 atom stereocenters. The van der Waals surface area contributed by atoms with Crippen LogP contribution in [0.3, 0.4) is 0 Å². The number of aliphatic hydroxyl groups is 1. The van der Waals surface area contributed by atoms with Crippen molar-refractivity contribution in [1.29, 1.82) is 0 Å². The molecule has 1 rings (SSSR count). The summed E-state index contributed by atoms with van der Waals surface area (Å²) in [5.41, 5.74) is 1.90. The summed E-state index contributed by atoms with van der Waals surface area (Å²) in [7, 11) is 0. The number of aryl methyl sites for hydroxylation is 1. The fourth-order valence-electron chi connectivity index (χ4n) is 1.73. The number of hydrogen-bond acceptors (Lipinski definition) is 2. The average molecular weight is 193 g/mol. The van der Waals surface area contributed by atoms with Gasteiger partial charge in [-0.3, -0.25) is 4.98 Å². The molecule has 0 aliphatic rings. The minimum absolute atomic E-state index is 0.308. The first-order chi connectivity index (χ1) is 6.66. The Morgan fingerprint density at radius 3 is 2.79 bits per heavy atom. The van der Waals surface area contributed by atoms with Gasteiger partial charge in [0, 0.05) is 17.5 Å². The Kier molecular flexibility index (Phi) is 4.08. The van der Waals surface area contributed by atoms with Crippen LogP contribution in [0.25, 0.3) is 0 Å². The van der Waals surface area contributed by atoms with E-state index in [2.05, 4.69) is 18.8 Å². The number of aliphatic hydroxyl groups excluding tert-OH is 1. The molecule has 2 unspecified atom stereocenters. The molecule has 0 saturated carbocycles. The molecular weight excluding hydrogens is 174 g/mol. The van der Waals surface area contributed by atoms with Crippen molar-refractivity contribution in [2.24, 2.45) is 5.92 Å². The Morgan fingerprint density at radius 2 is 2.21 bits per heavy atom. The predicted octanol–water partition coefficient (Wildman–Crippen LogP) is 2.86. The minimum atomic E-state index is -0.372. The highest BCUT2D eigenvalue weighted by Crippen LogP contribution is 2.26. The maximum absolute atomic E-state index is 10.1. The molecule has 1 aromatic rings. The van der Waals surface area contributed by atoms with E-state index in [1.165, 1.54) is 0 Å². The van der Waals surface area contributed by atoms with Crippen molar-refractivity contribution < 1.29 is 5.11 Å². The second-order valence-electron chi connectivity index (χ2n) is 3.89. The predicted molar refractivity (Wildman–Crippen MR) is 58.0 cm³/mol. The molecule has 0 radical (unpaired) electrons. The lowest BCUT2D eigenvalue weighted by molar-refractivity contribution is 0.111. The molecule has 0 bridgehead atoms. The smallest absolute Gasteiger partial charge is 0.0833 e. The summed E-state index contributed by atoms with van der Waals surface area (Å²) in [4.78, 5) is 4.18. The molecule has 78 valence electrons. The number of rotatable bonds is 4. The van der Waals surface area contributed by atoms with Crippen LogP contribution < -0.4 is 0 Å². The molecule has 0 fully saturated rings. The molecule has 0 aliphatic heterocycles. The van der Waals surface area contributed by atoms with Gasteiger partial charge in [-0.15, -0.1) is 0 Å². The third-order valence-corrected chi connectivity index (χ3v) is 2.65. The summed E-state index contributed by atoms with van der Waals surface area (Å²) in [5.74, 6) is 0.308. The molecule has 1 N–H and O–H groups in total. The van der Waals surface area contributed by atoms with Gasteiger partial charge in [-0.05, 0) is 25.3 Å². The molecule has 14 heavy (non-hydrogen) atoms. The van der Waals surface area contributed by atoms with Crippen molar-refractivity contribution in [2.45, 2.75) is 39.7 Å². The third-order valence-electron chi connectivity index (χ3n) is 2.65. The Bertz CT molecular complexity index is 285. The number of nitrogens with zero attached hydrogens (tertiary/aromatic N) is 1. The fraction of sp³-hybridized carbons (Fsp3) is 0.583. The topological polar surface area (TPSA) is 33.1 Å². The molecular formula is C12H19NO. The summed E-state index contributed by atoms with van der Waals surface area (Å²) in [6.07, 6.45) is 3.55. The number of aromatic nitrogens is 1. The Hall–Kier alpha value is -0.890. The van der Waals surface area contributed by atoms with Gasteiger partial charge in [0.1, 0.15) is 0 Å². The molecule has 2 heteroatoms. The van der Waals surface area contributed by atoms with Crippen LogP contribution in [0.5, 0.6) is 0 Å². The van der Waals surface area contributed by atoms with Gasteiger partial charge < -0.3 is 5.11 Å². The molecule has 1 heterocycles. The van der Waals surface area contributed by atoms with Crippen LogP contribution in [-0.2, 0) is 0 Å². The van der Waals surface area contributed by atoms with E-state index < -0.39 is 0 Å². The van der Waals surface area contributed by atoms with E-state index in [1.807, 2.05) is 19.1 Å². The normalized spacial score (nSPS) is 15.1. The van der Waals surface area contributed by atoms with Gasteiger partial charge in [0.15, 0.2) is 0 Å². The van der Waals surface area contributed by atoms with E-state index in [0.29, 0.717) is 5.92 Å². The zero-order valence-corrected chi connectivity index (χ0v) is 9.20. The average Bonchev–Trinajstić information content (AvgIpc) is 2.18. The van der Waals surface area contributed by atoms with Crippen LogP contribution in [-0.4, -0.2) is 10.1 Å². The molecule has 0 aliphatic carbocycles. The third kappa shape index (κ3) is 2.55. The number of hydrogen-bond donors (Lipinski definition) is 1. The maximum Gasteiger partial charge on any atom is 0.0833 e. The van der Waals surface area contributed by atoms with Gasteiger partial charge in [-0.1, -0.05) is 26.3 Å². The van der Waals surface area contributed by atoms with Gasteiger partial charge in [-0.2, -0.15) is 0 Å². The number of pyridine rings is 1. The van der Waals surface area contributed by atoms with Crippen molar-refractivity contribution in [2.75, 3.05) is 0 Å². The lowest BCUT2D eigenvalue weighted by Gasteiger charge is -2.19. The highest BCUT2D eigenvalue weighted by Gasteiger charge is 2.17. The second kappa shape index (κ2) is 5.11. The van der Waals surface area contributed by atoms with E-state index in [0.717, 1.165) is 24.1 Å². The highest BCUT2D eigenvalue weighted by atomic mass is 16.3. The zero-order valence-electron chi connectivity index (χ0n) is 9.20. The first-order valence-corrected chi connectivity index (χ1v) is 5.26. The lowest BCUT2D eigenvalue weighted by Crippen LogP contribution is -2.10. The van der Waals surface area contributed by atoms with Crippen molar-refractivity contribution in [1.82, 2.24) is 4.98 Å². The molecule has 0 aromatic carbocycles. The Labute approximate surface area is 86.0 Å². The van der Waals surface area contributed by atoms with E-state index in [9.17, 15) is 5.11 Å². The first-order valence-electron chi connectivity index (χ1n) is 5.26. The summed E-state index contributed by atoms with van der Waals surface area (Å²) in [5, 5.41) is 10.1. The van der Waals surface area contributed by atoms with Crippen LogP contribution in [0, 0.1) is 12.8 Å². The quantitative estimate of drug-likeness (QED) is 0.797. The molecule has 2 nitrogen and oxygen atoms in total. The van der Waals surface area contributed by atoms with Crippen LogP contribution >= 0.6 is 0 Å². The van der Waals surface area contributed by atoms with Crippen molar-refractivity contribution >= 4 is 0 Å². The Balaban J connectivity index is 2.78. The van der Waals surface area contributed by atoms with Crippen molar-refractivity contribution in [3.05, 3.63) is 29.6 Å². The van der Waals surface area contributed by atoms with E-state index in [4.69, 9.17) is 0 Å². The van der Waals surface area contributed by atoms with Crippen LogP contribution in [0.4, 0.5) is 0 Å². The summed E-state index contributed by atoms with van der Waals surface area (Å²) in [6.45, 7) is 6.16. The zero-order chi connectivity index (χ0) is 10.6. The molecule has 1 aromatic heterocycles. The van der Waals surface area contributed by atoms with Crippen molar-refractivity contribution in [3.8, 4) is 0 Å². The summed E-state index contributed by atoms with van der Waals surface area (Å²) >= 11 is 0. The van der Waals surface area contributed by atoms with E-state index in [1.54, 1.807) is 6.20 Å². The van der Waals surface area contributed by atoms with E-state index in [-0.39, 0.29) is 6.10 Å². The van der Waals surface area contributed by atoms with Crippen LogP contribution in [0.2, 0.25) is 0 Å². The van der Waals surface area contributed by atoms with Gasteiger partial charge in [-0.25, -0.2) is 0 Å². The van der Waals surface area contributed by atoms with Gasteiger partial charge in [0.2, 0.25) is 0 Å². The molecule has 0 amide bonds. The second-order valence-corrected chi connectivity index (χ2v) is 3.89. The monoisotopic (exact) mass is 193 g/mol. The SMILES string of the molecule is CCCC(C)C(O)c1cccnc1C. The van der Waals surface area contributed by atoms with E-state index >= 15 is 0 Å². The molecule has 0 saturated heterocycles. The van der Waals surface area contributed by atoms with Gasteiger partial charge in [0.05, 0.1) is 6.10 Å². The maximum atomic E-state index is 10.1. The highest BCUT2D eigenvalue weighted by molar-refractivity contribution is 5.21. The Morgan fingerprint density at radius 1 is 1.50 bits per heavy atom. The van der Waals surface area contributed by atoms with Gasteiger partial charge >= 0.3 is 0 Å². The standard InChI is InChI=1S/C12H19NO/c1-4-6-9(2)12(14)11-7-5-8-13-10(11)3/h5,7-9,12,14H,4,6H2,1-3H3. The first kappa shape index (κ1) is 11.2. The lowest BCUT2D eigenvalue weighted by atomic mass is 9.93.